The summed E-state index contributed by atoms with van der Waals surface area (Å²) >= 11 is 0. The van der Waals surface area contributed by atoms with E-state index in [9.17, 15) is 9.59 Å². The third kappa shape index (κ3) is 3.31. The van der Waals surface area contributed by atoms with Crippen LogP contribution in [0.25, 0.3) is 0 Å². The van der Waals surface area contributed by atoms with Crippen LogP contribution >= 0.6 is 0 Å². The maximum absolute atomic E-state index is 12.0. The highest BCUT2D eigenvalue weighted by Gasteiger charge is 2.32. The first-order valence-electron chi connectivity index (χ1n) is 7.23. The molecule has 1 saturated heterocycles. The van der Waals surface area contributed by atoms with Crippen molar-refractivity contribution in [2.45, 2.75) is 6.04 Å². The molecule has 1 aliphatic heterocycles. The minimum absolute atomic E-state index is 0.0277. The molecule has 2 amide bonds. The van der Waals surface area contributed by atoms with Gasteiger partial charge >= 0.3 is 0 Å². The van der Waals surface area contributed by atoms with Gasteiger partial charge in [0.1, 0.15) is 5.75 Å². The van der Waals surface area contributed by atoms with E-state index in [1.807, 2.05) is 0 Å². The van der Waals surface area contributed by atoms with Gasteiger partial charge in [-0.2, -0.15) is 0 Å². The Bertz CT molecular complexity index is 695. The smallest absolute Gasteiger partial charge is 0.251 e. The zero-order chi connectivity index (χ0) is 16.2. The number of nitrogens with one attached hydrogen (secondary N) is 1. The maximum Gasteiger partial charge on any atom is 0.251 e. The highest BCUT2D eigenvalue weighted by atomic mass is 16.5. The van der Waals surface area contributed by atoms with Crippen LogP contribution in [-0.4, -0.2) is 58.5 Å². The SMILES string of the molecule is COc1cccc(C(=O)NCC(=O)N2CC(n3ccnn3)C2)c1. The second-order valence-electron chi connectivity index (χ2n) is 5.25. The van der Waals surface area contributed by atoms with Crippen molar-refractivity contribution in [1.29, 1.82) is 0 Å². The van der Waals surface area contributed by atoms with Crippen molar-refractivity contribution in [3.63, 3.8) is 0 Å². The van der Waals surface area contributed by atoms with Gasteiger partial charge in [0, 0.05) is 24.8 Å². The van der Waals surface area contributed by atoms with E-state index in [1.54, 1.807) is 46.2 Å². The molecule has 8 nitrogen and oxygen atoms in total. The fourth-order valence-electron chi connectivity index (χ4n) is 2.37. The standard InChI is InChI=1S/C15H17N5O3/c1-23-13-4-2-3-11(7-13)15(22)16-8-14(21)19-9-12(10-19)20-6-5-17-18-20/h2-7,12H,8-10H2,1H3,(H,16,22). The first kappa shape index (κ1) is 15.0. The number of hydrogen-bond donors (Lipinski definition) is 1. The van der Waals surface area contributed by atoms with Crippen LogP contribution in [0.2, 0.25) is 0 Å². The molecule has 0 unspecified atom stereocenters. The van der Waals surface area contributed by atoms with Gasteiger partial charge in [0.25, 0.3) is 5.91 Å². The van der Waals surface area contributed by atoms with Gasteiger partial charge in [-0.15, -0.1) is 5.10 Å². The van der Waals surface area contributed by atoms with Crippen LogP contribution in [0.5, 0.6) is 5.75 Å². The number of carbonyl (C=O) groups is 2. The zero-order valence-electron chi connectivity index (χ0n) is 12.7. The van der Waals surface area contributed by atoms with Crippen LogP contribution in [0.1, 0.15) is 16.4 Å². The van der Waals surface area contributed by atoms with Crippen molar-refractivity contribution in [2.24, 2.45) is 0 Å². The Morgan fingerprint density at radius 2 is 2.22 bits per heavy atom. The number of hydrogen-bond acceptors (Lipinski definition) is 5. The molecule has 120 valence electrons. The van der Waals surface area contributed by atoms with Crippen molar-refractivity contribution in [2.75, 3.05) is 26.7 Å². The number of ether oxygens (including phenoxy) is 1. The van der Waals surface area contributed by atoms with Gasteiger partial charge in [-0.3, -0.25) is 9.59 Å². The average molecular weight is 315 g/mol. The summed E-state index contributed by atoms with van der Waals surface area (Å²) in [6.45, 7) is 1.13. The van der Waals surface area contributed by atoms with Gasteiger partial charge in [-0.25, -0.2) is 4.68 Å². The van der Waals surface area contributed by atoms with Crippen LogP contribution < -0.4 is 10.1 Å². The summed E-state index contributed by atoms with van der Waals surface area (Å²) in [5.74, 6) is 0.186. The Hall–Kier alpha value is -2.90. The molecular formula is C15H17N5O3. The third-order valence-corrected chi connectivity index (χ3v) is 3.76. The highest BCUT2D eigenvalue weighted by molar-refractivity contribution is 5.96. The maximum atomic E-state index is 12.0. The number of carbonyl (C=O) groups excluding carboxylic acids is 2. The predicted octanol–water partition coefficient (Wildman–Crippen LogP) is 0.1000. The molecule has 0 saturated carbocycles. The number of methoxy groups -OCH3 is 1. The van der Waals surface area contributed by atoms with Crippen LogP contribution in [-0.2, 0) is 4.79 Å². The summed E-state index contributed by atoms with van der Waals surface area (Å²) < 4.78 is 6.81. The Balaban J connectivity index is 1.47. The molecule has 1 aromatic carbocycles. The number of rotatable bonds is 5. The predicted molar refractivity (Wildman–Crippen MR) is 81.0 cm³/mol. The van der Waals surface area contributed by atoms with Crippen molar-refractivity contribution in [3.05, 3.63) is 42.2 Å². The molecule has 2 heterocycles. The molecule has 0 aliphatic carbocycles. The molecule has 3 rings (SSSR count). The normalized spacial score (nSPS) is 14.2. The van der Waals surface area contributed by atoms with Crippen LogP contribution in [0.3, 0.4) is 0 Å². The van der Waals surface area contributed by atoms with E-state index < -0.39 is 0 Å². The van der Waals surface area contributed by atoms with Gasteiger partial charge in [-0.05, 0) is 18.2 Å². The molecule has 8 heteroatoms. The van der Waals surface area contributed by atoms with E-state index in [0.717, 1.165) is 0 Å². The molecule has 1 aliphatic rings. The number of aromatic nitrogens is 3. The number of amides is 2. The van der Waals surface area contributed by atoms with Crippen molar-refractivity contribution < 1.29 is 14.3 Å². The lowest BCUT2D eigenvalue weighted by Gasteiger charge is -2.38. The fraction of sp³-hybridized carbons (Fsp3) is 0.333. The van der Waals surface area contributed by atoms with Crippen molar-refractivity contribution >= 4 is 11.8 Å². The molecule has 1 N–H and O–H groups in total. The Labute approximate surface area is 133 Å². The lowest BCUT2D eigenvalue weighted by molar-refractivity contribution is -0.136. The summed E-state index contributed by atoms with van der Waals surface area (Å²) in [4.78, 5) is 25.8. The van der Waals surface area contributed by atoms with E-state index >= 15 is 0 Å². The summed E-state index contributed by atoms with van der Waals surface area (Å²) in [5.41, 5.74) is 0.459. The van der Waals surface area contributed by atoms with Gasteiger partial charge in [0.05, 0.1) is 25.9 Å². The first-order chi connectivity index (χ1) is 11.2. The molecule has 2 aromatic rings. The van der Waals surface area contributed by atoms with Crippen molar-refractivity contribution in [1.82, 2.24) is 25.2 Å². The molecule has 23 heavy (non-hydrogen) atoms. The lowest BCUT2D eigenvalue weighted by Crippen LogP contribution is -2.53. The molecule has 0 spiro atoms. The van der Waals surface area contributed by atoms with E-state index in [4.69, 9.17) is 4.74 Å². The van der Waals surface area contributed by atoms with E-state index in [0.29, 0.717) is 24.4 Å². The number of nitrogens with zero attached hydrogens (tertiary/aromatic N) is 4. The molecule has 0 atom stereocenters. The highest BCUT2D eigenvalue weighted by Crippen LogP contribution is 2.19. The number of benzene rings is 1. The van der Waals surface area contributed by atoms with Crippen LogP contribution in [0.15, 0.2) is 36.7 Å². The monoisotopic (exact) mass is 315 g/mol. The topological polar surface area (TPSA) is 89.4 Å². The van der Waals surface area contributed by atoms with Crippen molar-refractivity contribution in [3.8, 4) is 5.75 Å². The summed E-state index contributed by atoms with van der Waals surface area (Å²) in [7, 11) is 1.54. The minimum atomic E-state index is -0.300. The summed E-state index contributed by atoms with van der Waals surface area (Å²) in [6.07, 6.45) is 3.38. The fourth-order valence-corrected chi connectivity index (χ4v) is 2.37. The molecule has 1 fully saturated rings. The molecule has 1 aromatic heterocycles. The molecular weight excluding hydrogens is 298 g/mol. The second kappa shape index (κ2) is 6.47. The lowest BCUT2D eigenvalue weighted by atomic mass is 10.1. The molecule has 0 bridgehead atoms. The van der Waals surface area contributed by atoms with Gasteiger partial charge < -0.3 is 15.0 Å². The Morgan fingerprint density at radius 3 is 2.91 bits per heavy atom. The minimum Gasteiger partial charge on any atom is -0.497 e. The number of likely N-dealkylation sites (tertiary alicyclic amines) is 1. The van der Waals surface area contributed by atoms with Gasteiger partial charge in [-0.1, -0.05) is 11.3 Å². The Kier molecular flexibility index (Phi) is 4.22. The second-order valence-corrected chi connectivity index (χ2v) is 5.25. The summed E-state index contributed by atoms with van der Waals surface area (Å²) in [5, 5.41) is 10.3. The quantitative estimate of drug-likeness (QED) is 0.845. The van der Waals surface area contributed by atoms with Gasteiger partial charge in [0.15, 0.2) is 0 Å². The summed E-state index contributed by atoms with van der Waals surface area (Å²) in [6, 6.07) is 6.95. The first-order valence-corrected chi connectivity index (χ1v) is 7.23. The largest absolute Gasteiger partial charge is 0.497 e. The zero-order valence-corrected chi connectivity index (χ0v) is 12.7. The van der Waals surface area contributed by atoms with Crippen LogP contribution in [0.4, 0.5) is 0 Å². The third-order valence-electron chi connectivity index (χ3n) is 3.76. The Morgan fingerprint density at radius 1 is 1.39 bits per heavy atom. The van der Waals surface area contributed by atoms with Gasteiger partial charge in [0.2, 0.25) is 5.91 Å². The van der Waals surface area contributed by atoms with E-state index in [-0.39, 0.29) is 24.4 Å². The average Bonchev–Trinajstić information content (AvgIpc) is 3.05. The van der Waals surface area contributed by atoms with E-state index in [2.05, 4.69) is 15.6 Å². The van der Waals surface area contributed by atoms with Crippen LogP contribution in [0, 0.1) is 0 Å². The molecule has 0 radical (unpaired) electrons. The van der Waals surface area contributed by atoms with E-state index in [1.165, 1.54) is 7.11 Å².